The number of nitrogens with zero attached hydrogens (tertiary/aromatic N) is 2. The van der Waals surface area contributed by atoms with Crippen molar-refractivity contribution in [2.24, 2.45) is 0 Å². The molecule has 0 atom stereocenters. The van der Waals surface area contributed by atoms with Crippen LogP contribution in [0.2, 0.25) is 0 Å². The Kier molecular flexibility index (Phi) is 4.17. The highest BCUT2D eigenvalue weighted by atomic mass is 16.5. The van der Waals surface area contributed by atoms with Crippen molar-refractivity contribution in [1.29, 1.82) is 5.26 Å². The van der Waals surface area contributed by atoms with Gasteiger partial charge in [-0.15, -0.1) is 0 Å². The molecule has 3 rings (SSSR count). The standard InChI is InChI=1S/C20H16N2O2/c1-14-11-17(13-23)15(2)22(14)18-5-9-20(10-6-18)24-19-7-3-16(12-21)4-8-19/h3-11,13H,1-2H3. The first-order chi connectivity index (χ1) is 11.6. The van der Waals surface area contributed by atoms with Gasteiger partial charge >= 0.3 is 0 Å². The van der Waals surface area contributed by atoms with Crippen molar-refractivity contribution < 1.29 is 9.53 Å². The minimum atomic E-state index is 0.599. The fourth-order valence-corrected chi connectivity index (χ4v) is 2.70. The molecule has 0 aliphatic carbocycles. The Morgan fingerprint density at radius 1 is 1.00 bits per heavy atom. The number of carbonyl (C=O) groups is 1. The zero-order valence-electron chi connectivity index (χ0n) is 13.5. The molecule has 3 aromatic rings. The molecule has 4 heteroatoms. The van der Waals surface area contributed by atoms with E-state index >= 15 is 0 Å². The van der Waals surface area contributed by atoms with E-state index in [4.69, 9.17) is 10.00 Å². The number of hydrogen-bond acceptors (Lipinski definition) is 3. The summed E-state index contributed by atoms with van der Waals surface area (Å²) in [5.41, 5.74) is 4.21. The van der Waals surface area contributed by atoms with Crippen LogP contribution < -0.4 is 4.74 Å². The molecule has 24 heavy (non-hydrogen) atoms. The Balaban J connectivity index is 1.84. The van der Waals surface area contributed by atoms with Crippen molar-refractivity contribution in [3.05, 3.63) is 77.1 Å². The monoisotopic (exact) mass is 316 g/mol. The summed E-state index contributed by atoms with van der Waals surface area (Å²) >= 11 is 0. The van der Waals surface area contributed by atoms with Crippen molar-refractivity contribution >= 4 is 6.29 Å². The summed E-state index contributed by atoms with van der Waals surface area (Å²) in [6, 6.07) is 18.6. The van der Waals surface area contributed by atoms with Gasteiger partial charge < -0.3 is 9.30 Å². The molecule has 4 nitrogen and oxygen atoms in total. The van der Waals surface area contributed by atoms with Crippen LogP contribution in [0.25, 0.3) is 5.69 Å². The van der Waals surface area contributed by atoms with E-state index in [0.29, 0.717) is 22.6 Å². The van der Waals surface area contributed by atoms with Crippen LogP contribution in [0, 0.1) is 25.2 Å². The second-order valence-electron chi connectivity index (χ2n) is 5.51. The summed E-state index contributed by atoms with van der Waals surface area (Å²) in [4.78, 5) is 11.1. The molecule has 0 fully saturated rings. The predicted octanol–water partition coefficient (Wildman–Crippen LogP) is 4.57. The molecule has 0 bridgehead atoms. The zero-order valence-corrected chi connectivity index (χ0v) is 13.5. The van der Waals surface area contributed by atoms with Crippen LogP contribution in [0.1, 0.15) is 27.3 Å². The van der Waals surface area contributed by atoms with E-state index in [-0.39, 0.29) is 0 Å². The number of rotatable bonds is 4. The predicted molar refractivity (Wildman–Crippen MR) is 91.9 cm³/mol. The Labute approximate surface area is 140 Å². The van der Waals surface area contributed by atoms with Crippen LogP contribution >= 0.6 is 0 Å². The maximum atomic E-state index is 11.1. The third-order valence-corrected chi connectivity index (χ3v) is 3.91. The highest BCUT2D eigenvalue weighted by Gasteiger charge is 2.10. The summed E-state index contributed by atoms with van der Waals surface area (Å²) < 4.78 is 7.82. The normalized spacial score (nSPS) is 10.2. The first kappa shape index (κ1) is 15.6. The lowest BCUT2D eigenvalue weighted by Gasteiger charge is -2.11. The van der Waals surface area contributed by atoms with Gasteiger partial charge in [-0.3, -0.25) is 4.79 Å². The van der Waals surface area contributed by atoms with E-state index in [9.17, 15) is 4.79 Å². The van der Waals surface area contributed by atoms with Crippen molar-refractivity contribution in [3.63, 3.8) is 0 Å². The van der Waals surface area contributed by atoms with E-state index < -0.39 is 0 Å². The van der Waals surface area contributed by atoms with Crippen molar-refractivity contribution in [2.75, 3.05) is 0 Å². The number of aromatic nitrogens is 1. The quantitative estimate of drug-likeness (QED) is 0.662. The van der Waals surface area contributed by atoms with Gasteiger partial charge in [-0.25, -0.2) is 0 Å². The van der Waals surface area contributed by atoms with Crippen LogP contribution in [0.4, 0.5) is 0 Å². The number of aryl methyl sites for hydroxylation is 1. The van der Waals surface area contributed by atoms with Gasteiger partial charge in [0, 0.05) is 22.6 Å². The van der Waals surface area contributed by atoms with Gasteiger partial charge in [0.2, 0.25) is 0 Å². The Bertz CT molecular complexity index is 914. The zero-order chi connectivity index (χ0) is 17.1. The second kappa shape index (κ2) is 6.43. The van der Waals surface area contributed by atoms with Gasteiger partial charge in [0.15, 0.2) is 6.29 Å². The molecule has 0 spiro atoms. The Morgan fingerprint density at radius 3 is 2.08 bits per heavy atom. The number of benzene rings is 2. The first-order valence-corrected chi connectivity index (χ1v) is 7.55. The highest BCUT2D eigenvalue weighted by molar-refractivity contribution is 5.77. The third kappa shape index (κ3) is 2.92. The molecule has 2 aromatic carbocycles. The molecule has 0 unspecified atom stereocenters. The molecule has 0 saturated heterocycles. The highest BCUT2D eigenvalue weighted by Crippen LogP contribution is 2.25. The van der Waals surface area contributed by atoms with Crippen LogP contribution in [-0.4, -0.2) is 10.9 Å². The van der Waals surface area contributed by atoms with E-state index in [0.717, 1.165) is 23.4 Å². The van der Waals surface area contributed by atoms with Gasteiger partial charge in [0.25, 0.3) is 0 Å². The summed E-state index contributed by atoms with van der Waals surface area (Å²) in [6.45, 7) is 3.90. The molecule has 1 heterocycles. The van der Waals surface area contributed by atoms with E-state index in [1.54, 1.807) is 24.3 Å². The van der Waals surface area contributed by atoms with Crippen molar-refractivity contribution in [1.82, 2.24) is 4.57 Å². The van der Waals surface area contributed by atoms with E-state index in [1.807, 2.05) is 48.7 Å². The average Bonchev–Trinajstić information content (AvgIpc) is 2.90. The smallest absolute Gasteiger partial charge is 0.151 e. The van der Waals surface area contributed by atoms with Crippen molar-refractivity contribution in [2.45, 2.75) is 13.8 Å². The summed E-state index contributed by atoms with van der Waals surface area (Å²) in [5.74, 6) is 1.39. The Morgan fingerprint density at radius 2 is 1.58 bits per heavy atom. The summed E-state index contributed by atoms with van der Waals surface area (Å²) in [6.07, 6.45) is 0.876. The lowest BCUT2D eigenvalue weighted by atomic mass is 10.2. The SMILES string of the molecule is Cc1cc(C=O)c(C)n1-c1ccc(Oc2ccc(C#N)cc2)cc1. The summed E-state index contributed by atoms with van der Waals surface area (Å²) in [5, 5.41) is 8.81. The van der Waals surface area contributed by atoms with E-state index in [2.05, 4.69) is 6.07 Å². The van der Waals surface area contributed by atoms with Crippen LogP contribution in [-0.2, 0) is 0 Å². The molecular weight excluding hydrogens is 300 g/mol. The minimum absolute atomic E-state index is 0.599. The molecule has 0 radical (unpaired) electrons. The van der Waals surface area contributed by atoms with Gasteiger partial charge in [0.05, 0.1) is 11.6 Å². The molecule has 0 saturated carbocycles. The van der Waals surface area contributed by atoms with Crippen molar-refractivity contribution in [3.8, 4) is 23.3 Å². The second-order valence-corrected chi connectivity index (χ2v) is 5.51. The van der Waals surface area contributed by atoms with Gasteiger partial charge in [-0.2, -0.15) is 5.26 Å². The van der Waals surface area contributed by atoms with Crippen LogP contribution in [0.5, 0.6) is 11.5 Å². The molecule has 1 aromatic heterocycles. The minimum Gasteiger partial charge on any atom is -0.457 e. The molecule has 118 valence electrons. The van der Waals surface area contributed by atoms with Crippen LogP contribution in [0.3, 0.4) is 0 Å². The lowest BCUT2D eigenvalue weighted by Crippen LogP contribution is -1.99. The molecule has 0 aliphatic rings. The number of hydrogen-bond donors (Lipinski definition) is 0. The maximum Gasteiger partial charge on any atom is 0.151 e. The number of aldehydes is 1. The molecule has 0 amide bonds. The number of carbonyl (C=O) groups excluding carboxylic acids is 1. The average molecular weight is 316 g/mol. The number of ether oxygens (including phenoxy) is 1. The fraction of sp³-hybridized carbons (Fsp3) is 0.100. The molecular formula is C20H16N2O2. The van der Waals surface area contributed by atoms with Crippen LogP contribution in [0.15, 0.2) is 54.6 Å². The van der Waals surface area contributed by atoms with E-state index in [1.165, 1.54) is 0 Å². The number of nitriles is 1. The first-order valence-electron chi connectivity index (χ1n) is 7.55. The fourth-order valence-electron chi connectivity index (χ4n) is 2.70. The Hall–Kier alpha value is -3.32. The van der Waals surface area contributed by atoms with Gasteiger partial charge in [-0.1, -0.05) is 0 Å². The largest absolute Gasteiger partial charge is 0.457 e. The molecule has 0 aliphatic heterocycles. The lowest BCUT2D eigenvalue weighted by molar-refractivity contribution is 0.112. The third-order valence-electron chi connectivity index (χ3n) is 3.91. The topological polar surface area (TPSA) is 55.0 Å². The van der Waals surface area contributed by atoms with Gasteiger partial charge in [-0.05, 0) is 68.4 Å². The van der Waals surface area contributed by atoms with Gasteiger partial charge in [0.1, 0.15) is 11.5 Å². The molecule has 0 N–H and O–H groups in total. The maximum absolute atomic E-state index is 11.1. The summed E-state index contributed by atoms with van der Waals surface area (Å²) in [7, 11) is 0.